The normalized spacial score (nSPS) is 17.4. The summed E-state index contributed by atoms with van der Waals surface area (Å²) in [5.74, 6) is -1.33. The summed E-state index contributed by atoms with van der Waals surface area (Å²) < 4.78 is 5.33. The maximum atomic E-state index is 12.5. The average Bonchev–Trinajstić information content (AvgIpc) is 3.14. The first kappa shape index (κ1) is 20.4. The lowest BCUT2D eigenvalue weighted by Crippen LogP contribution is -2.48. The van der Waals surface area contributed by atoms with Gasteiger partial charge < -0.3 is 15.4 Å². The van der Waals surface area contributed by atoms with Crippen molar-refractivity contribution in [2.45, 2.75) is 71.1 Å². The molecule has 2 unspecified atom stereocenters. The van der Waals surface area contributed by atoms with E-state index in [-0.39, 0.29) is 23.8 Å². The summed E-state index contributed by atoms with van der Waals surface area (Å²) in [6, 6.07) is 2.84. The molecular weight excluding hydrogens is 352 g/mol. The van der Waals surface area contributed by atoms with E-state index in [1.165, 1.54) is 17.8 Å². The third-order valence-corrected chi connectivity index (χ3v) is 5.43. The summed E-state index contributed by atoms with van der Waals surface area (Å²) in [7, 11) is 0. The molecule has 1 aromatic heterocycles. The highest BCUT2D eigenvalue weighted by atomic mass is 32.1. The van der Waals surface area contributed by atoms with E-state index >= 15 is 0 Å². The number of ether oxygens (including phenoxy) is 1. The van der Waals surface area contributed by atoms with Crippen LogP contribution in [0.4, 0.5) is 0 Å². The van der Waals surface area contributed by atoms with Gasteiger partial charge in [0.15, 0.2) is 6.10 Å². The first-order valence-corrected chi connectivity index (χ1v) is 10.1. The molecule has 7 heteroatoms. The van der Waals surface area contributed by atoms with E-state index < -0.39 is 18.1 Å². The van der Waals surface area contributed by atoms with Crippen molar-refractivity contribution in [2.75, 3.05) is 0 Å². The Morgan fingerprint density at radius 1 is 1.15 bits per heavy atom. The molecule has 0 spiro atoms. The first-order valence-electron chi connectivity index (χ1n) is 9.23. The fourth-order valence-corrected chi connectivity index (χ4v) is 3.61. The number of amides is 2. The summed E-state index contributed by atoms with van der Waals surface area (Å²) in [5, 5.41) is 7.46. The van der Waals surface area contributed by atoms with Crippen LogP contribution in [0, 0.1) is 5.92 Å². The summed E-state index contributed by atoms with van der Waals surface area (Å²) in [6.45, 7) is 5.22. The van der Waals surface area contributed by atoms with Crippen molar-refractivity contribution in [3.05, 3.63) is 22.4 Å². The zero-order valence-electron chi connectivity index (χ0n) is 15.6. The number of rotatable bonds is 7. The number of hydrogen-bond acceptors (Lipinski definition) is 5. The highest BCUT2D eigenvalue weighted by Crippen LogP contribution is 2.18. The van der Waals surface area contributed by atoms with Crippen molar-refractivity contribution in [3.8, 4) is 0 Å². The molecule has 1 aliphatic carbocycles. The van der Waals surface area contributed by atoms with E-state index in [2.05, 4.69) is 10.6 Å². The van der Waals surface area contributed by atoms with Crippen LogP contribution in [0.5, 0.6) is 0 Å². The Hall–Kier alpha value is -1.89. The minimum absolute atomic E-state index is 0.153. The lowest BCUT2D eigenvalue weighted by molar-refractivity contribution is -0.157. The largest absolute Gasteiger partial charge is 0.451 e. The molecule has 2 rings (SSSR count). The topological polar surface area (TPSA) is 84.5 Å². The predicted molar refractivity (Wildman–Crippen MR) is 101 cm³/mol. The number of esters is 1. The van der Waals surface area contributed by atoms with Crippen molar-refractivity contribution in [2.24, 2.45) is 5.92 Å². The van der Waals surface area contributed by atoms with Crippen LogP contribution in [0.2, 0.25) is 0 Å². The quantitative estimate of drug-likeness (QED) is 0.713. The molecule has 6 nitrogen and oxygen atoms in total. The third kappa shape index (κ3) is 5.83. The SMILES string of the molecule is CC(OC(=O)C(NC(=O)c1cccs1)C(C)C)C(=O)NC1CCCCC1. The van der Waals surface area contributed by atoms with Gasteiger partial charge in [-0.2, -0.15) is 0 Å². The van der Waals surface area contributed by atoms with E-state index in [0.717, 1.165) is 25.7 Å². The fraction of sp³-hybridized carbons (Fsp3) is 0.632. The van der Waals surface area contributed by atoms with Crippen LogP contribution in [0.25, 0.3) is 0 Å². The standard InChI is InChI=1S/C19H28N2O4S/c1-12(2)16(21-18(23)15-10-7-11-26-15)19(24)25-13(3)17(22)20-14-8-5-4-6-9-14/h7,10-14,16H,4-6,8-9H2,1-3H3,(H,20,22)(H,21,23). The summed E-state index contributed by atoms with van der Waals surface area (Å²) >= 11 is 1.31. The average molecular weight is 381 g/mol. The third-order valence-electron chi connectivity index (χ3n) is 4.57. The Balaban J connectivity index is 1.89. The molecule has 0 bridgehead atoms. The van der Waals surface area contributed by atoms with Crippen molar-refractivity contribution in [1.29, 1.82) is 0 Å². The molecule has 26 heavy (non-hydrogen) atoms. The second-order valence-electron chi connectivity index (χ2n) is 7.10. The zero-order valence-corrected chi connectivity index (χ0v) is 16.4. The van der Waals surface area contributed by atoms with Crippen molar-refractivity contribution < 1.29 is 19.1 Å². The maximum Gasteiger partial charge on any atom is 0.329 e. The lowest BCUT2D eigenvalue weighted by atomic mass is 9.95. The van der Waals surface area contributed by atoms with Crippen LogP contribution in [0.1, 0.15) is 62.5 Å². The van der Waals surface area contributed by atoms with Crippen molar-refractivity contribution >= 4 is 29.1 Å². The van der Waals surface area contributed by atoms with Gasteiger partial charge in [0.25, 0.3) is 11.8 Å². The van der Waals surface area contributed by atoms with Gasteiger partial charge in [0.2, 0.25) is 0 Å². The lowest BCUT2D eigenvalue weighted by Gasteiger charge is -2.26. The molecule has 0 aromatic carbocycles. The van der Waals surface area contributed by atoms with E-state index in [1.807, 2.05) is 13.8 Å². The van der Waals surface area contributed by atoms with E-state index in [0.29, 0.717) is 4.88 Å². The second kappa shape index (κ2) is 9.71. The number of carbonyl (C=O) groups is 3. The van der Waals surface area contributed by atoms with Gasteiger partial charge in [0.1, 0.15) is 6.04 Å². The summed E-state index contributed by atoms with van der Waals surface area (Å²) in [5.41, 5.74) is 0. The Morgan fingerprint density at radius 3 is 2.42 bits per heavy atom. The zero-order chi connectivity index (χ0) is 19.1. The number of hydrogen-bond donors (Lipinski definition) is 2. The number of nitrogens with one attached hydrogen (secondary N) is 2. The number of thiophene rings is 1. The maximum absolute atomic E-state index is 12.5. The fourth-order valence-electron chi connectivity index (χ4n) is 2.98. The van der Waals surface area contributed by atoms with Gasteiger partial charge in [-0.05, 0) is 37.1 Å². The second-order valence-corrected chi connectivity index (χ2v) is 8.04. The van der Waals surface area contributed by atoms with Gasteiger partial charge in [0.05, 0.1) is 4.88 Å². The van der Waals surface area contributed by atoms with Gasteiger partial charge in [-0.25, -0.2) is 4.79 Å². The highest BCUT2D eigenvalue weighted by Gasteiger charge is 2.30. The number of carbonyl (C=O) groups excluding carboxylic acids is 3. The van der Waals surface area contributed by atoms with E-state index in [1.54, 1.807) is 24.4 Å². The molecule has 2 amide bonds. The molecule has 1 fully saturated rings. The van der Waals surface area contributed by atoms with Crippen LogP contribution in [0.15, 0.2) is 17.5 Å². The predicted octanol–water partition coefficient (Wildman–Crippen LogP) is 2.88. The van der Waals surface area contributed by atoms with Crippen molar-refractivity contribution in [3.63, 3.8) is 0 Å². The van der Waals surface area contributed by atoms with Gasteiger partial charge in [0, 0.05) is 6.04 Å². The van der Waals surface area contributed by atoms with Crippen LogP contribution >= 0.6 is 11.3 Å². The van der Waals surface area contributed by atoms with Gasteiger partial charge in [-0.3, -0.25) is 9.59 Å². The van der Waals surface area contributed by atoms with Crippen LogP contribution in [-0.4, -0.2) is 36.0 Å². The molecular formula is C19H28N2O4S. The Bertz CT molecular complexity index is 609. The Morgan fingerprint density at radius 2 is 1.85 bits per heavy atom. The molecule has 0 aliphatic heterocycles. The molecule has 144 valence electrons. The monoisotopic (exact) mass is 380 g/mol. The van der Waals surface area contributed by atoms with Crippen LogP contribution < -0.4 is 10.6 Å². The van der Waals surface area contributed by atoms with Crippen LogP contribution in [0.3, 0.4) is 0 Å². The first-order chi connectivity index (χ1) is 12.4. The van der Waals surface area contributed by atoms with Crippen molar-refractivity contribution in [1.82, 2.24) is 10.6 Å². The van der Waals surface area contributed by atoms with Gasteiger partial charge in [-0.15, -0.1) is 11.3 Å². The molecule has 0 radical (unpaired) electrons. The minimum atomic E-state index is -0.885. The van der Waals surface area contributed by atoms with Crippen LogP contribution in [-0.2, 0) is 14.3 Å². The molecule has 2 atom stereocenters. The minimum Gasteiger partial charge on any atom is -0.451 e. The molecule has 2 N–H and O–H groups in total. The smallest absolute Gasteiger partial charge is 0.329 e. The summed E-state index contributed by atoms with van der Waals surface area (Å²) in [4.78, 5) is 37.5. The van der Waals surface area contributed by atoms with Gasteiger partial charge >= 0.3 is 5.97 Å². The molecule has 0 saturated heterocycles. The Kier molecular flexibility index (Phi) is 7.63. The molecule has 1 aliphatic rings. The molecule has 1 heterocycles. The molecule has 1 aromatic rings. The van der Waals surface area contributed by atoms with Gasteiger partial charge in [-0.1, -0.05) is 39.2 Å². The highest BCUT2D eigenvalue weighted by molar-refractivity contribution is 7.12. The van der Waals surface area contributed by atoms with E-state index in [9.17, 15) is 14.4 Å². The Labute approximate surface area is 158 Å². The summed E-state index contributed by atoms with van der Waals surface area (Å²) in [6.07, 6.45) is 4.49. The van der Waals surface area contributed by atoms with E-state index in [4.69, 9.17) is 4.74 Å². The molecule has 1 saturated carbocycles.